The van der Waals surface area contributed by atoms with E-state index in [0.29, 0.717) is 25.6 Å². The van der Waals surface area contributed by atoms with E-state index in [1.54, 1.807) is 11.8 Å². The summed E-state index contributed by atoms with van der Waals surface area (Å²) in [6.07, 6.45) is 1.97. The van der Waals surface area contributed by atoms with Crippen molar-refractivity contribution in [3.63, 3.8) is 0 Å². The molecule has 0 spiro atoms. The lowest BCUT2D eigenvalue weighted by Gasteiger charge is -2.30. The SMILES string of the molecule is CC(C)CN(Cc1cccn1C)C(=O)CN(CC(C)C)C(=O)[C@@H](C)Cl. The van der Waals surface area contributed by atoms with Gasteiger partial charge in [0.2, 0.25) is 11.8 Å². The van der Waals surface area contributed by atoms with Crippen LogP contribution >= 0.6 is 11.6 Å². The lowest BCUT2D eigenvalue weighted by molar-refractivity contribution is -0.141. The second-order valence-corrected chi connectivity index (χ2v) is 8.16. The van der Waals surface area contributed by atoms with Crippen molar-refractivity contribution in [2.24, 2.45) is 18.9 Å². The maximum absolute atomic E-state index is 12.9. The Kier molecular flexibility index (Phi) is 8.50. The first-order valence-corrected chi connectivity index (χ1v) is 9.36. The zero-order chi connectivity index (χ0) is 19.1. The van der Waals surface area contributed by atoms with E-state index in [1.165, 1.54) is 0 Å². The van der Waals surface area contributed by atoms with Gasteiger partial charge in [-0.05, 0) is 30.9 Å². The third-order valence-electron chi connectivity index (χ3n) is 3.91. The average molecular weight is 370 g/mol. The fourth-order valence-electron chi connectivity index (χ4n) is 2.74. The van der Waals surface area contributed by atoms with Gasteiger partial charge in [0.05, 0.1) is 13.1 Å². The Balaban J connectivity index is 2.90. The van der Waals surface area contributed by atoms with E-state index in [9.17, 15) is 9.59 Å². The summed E-state index contributed by atoms with van der Waals surface area (Å²) in [7, 11) is 1.97. The number of nitrogens with zero attached hydrogens (tertiary/aromatic N) is 3. The van der Waals surface area contributed by atoms with Crippen LogP contribution in [0.25, 0.3) is 0 Å². The van der Waals surface area contributed by atoms with Crippen LogP contribution in [0.1, 0.15) is 40.3 Å². The number of rotatable bonds is 9. The van der Waals surface area contributed by atoms with Gasteiger partial charge in [0.25, 0.3) is 0 Å². The maximum atomic E-state index is 12.9. The monoisotopic (exact) mass is 369 g/mol. The molecule has 6 heteroatoms. The van der Waals surface area contributed by atoms with E-state index in [1.807, 2.05) is 48.7 Å². The molecular weight excluding hydrogens is 338 g/mol. The summed E-state index contributed by atoms with van der Waals surface area (Å²) in [4.78, 5) is 28.7. The number of hydrogen-bond acceptors (Lipinski definition) is 2. The van der Waals surface area contributed by atoms with Gasteiger partial charge < -0.3 is 14.4 Å². The van der Waals surface area contributed by atoms with Crippen LogP contribution in [0.4, 0.5) is 0 Å². The summed E-state index contributed by atoms with van der Waals surface area (Å²) in [6, 6.07) is 3.98. The van der Waals surface area contributed by atoms with Crippen molar-refractivity contribution < 1.29 is 9.59 Å². The van der Waals surface area contributed by atoms with Crippen LogP contribution in [-0.2, 0) is 23.2 Å². The minimum absolute atomic E-state index is 0.0405. The fraction of sp³-hybridized carbons (Fsp3) is 0.684. The van der Waals surface area contributed by atoms with Gasteiger partial charge in [-0.1, -0.05) is 27.7 Å². The van der Waals surface area contributed by atoms with Crippen LogP contribution in [0.3, 0.4) is 0 Å². The van der Waals surface area contributed by atoms with E-state index >= 15 is 0 Å². The Hall–Kier alpha value is -1.49. The number of hydrogen-bond donors (Lipinski definition) is 0. The van der Waals surface area contributed by atoms with Crippen LogP contribution in [0, 0.1) is 11.8 Å². The van der Waals surface area contributed by atoms with Crippen LogP contribution in [0.5, 0.6) is 0 Å². The van der Waals surface area contributed by atoms with Crippen molar-refractivity contribution in [1.29, 1.82) is 0 Å². The first kappa shape index (κ1) is 21.6. The Labute approximate surface area is 156 Å². The van der Waals surface area contributed by atoms with E-state index in [0.717, 1.165) is 5.69 Å². The fourth-order valence-corrected chi connectivity index (χ4v) is 2.88. The number of aryl methyl sites for hydroxylation is 1. The highest BCUT2D eigenvalue weighted by Crippen LogP contribution is 2.11. The number of carbonyl (C=O) groups is 2. The average Bonchev–Trinajstić information content (AvgIpc) is 2.89. The molecule has 25 heavy (non-hydrogen) atoms. The van der Waals surface area contributed by atoms with Crippen molar-refractivity contribution in [3.05, 3.63) is 24.0 Å². The van der Waals surface area contributed by atoms with Crippen molar-refractivity contribution in [3.8, 4) is 0 Å². The number of amides is 2. The molecule has 1 aromatic heterocycles. The van der Waals surface area contributed by atoms with Gasteiger partial charge in [0.15, 0.2) is 0 Å². The second-order valence-electron chi connectivity index (χ2n) is 7.51. The minimum atomic E-state index is -0.627. The van der Waals surface area contributed by atoms with Gasteiger partial charge in [-0.2, -0.15) is 0 Å². The van der Waals surface area contributed by atoms with Crippen molar-refractivity contribution in [2.75, 3.05) is 19.6 Å². The lowest BCUT2D eigenvalue weighted by atomic mass is 10.1. The normalized spacial score (nSPS) is 12.5. The Morgan fingerprint density at radius 2 is 1.64 bits per heavy atom. The van der Waals surface area contributed by atoms with E-state index < -0.39 is 5.38 Å². The molecule has 0 aliphatic heterocycles. The van der Waals surface area contributed by atoms with Gasteiger partial charge in [-0.25, -0.2) is 0 Å². The summed E-state index contributed by atoms with van der Waals surface area (Å²) in [6.45, 7) is 11.7. The summed E-state index contributed by atoms with van der Waals surface area (Å²) in [5, 5.41) is -0.627. The number of alkyl halides is 1. The first-order chi connectivity index (χ1) is 11.6. The third-order valence-corrected chi connectivity index (χ3v) is 4.09. The second kappa shape index (κ2) is 9.85. The van der Waals surface area contributed by atoms with Gasteiger partial charge in [0, 0.05) is 32.0 Å². The van der Waals surface area contributed by atoms with E-state index in [4.69, 9.17) is 11.6 Å². The quantitative estimate of drug-likeness (QED) is 0.628. The molecule has 5 nitrogen and oxygen atoms in total. The predicted octanol–water partition coefficient (Wildman–Crippen LogP) is 3.12. The van der Waals surface area contributed by atoms with Crippen molar-refractivity contribution in [1.82, 2.24) is 14.4 Å². The topological polar surface area (TPSA) is 45.6 Å². The van der Waals surface area contributed by atoms with Crippen molar-refractivity contribution >= 4 is 23.4 Å². The summed E-state index contributed by atoms with van der Waals surface area (Å²) in [5.74, 6) is 0.400. The zero-order valence-electron chi connectivity index (χ0n) is 16.3. The van der Waals surface area contributed by atoms with E-state index in [-0.39, 0.29) is 24.3 Å². The molecule has 0 aromatic carbocycles. The van der Waals surface area contributed by atoms with Gasteiger partial charge in [-0.3, -0.25) is 9.59 Å². The smallest absolute Gasteiger partial charge is 0.242 e. The Morgan fingerprint density at radius 3 is 2.08 bits per heavy atom. The van der Waals surface area contributed by atoms with Crippen LogP contribution in [0.2, 0.25) is 0 Å². The van der Waals surface area contributed by atoms with Crippen molar-refractivity contribution in [2.45, 2.75) is 46.5 Å². The summed E-state index contributed by atoms with van der Waals surface area (Å²) < 4.78 is 2.01. The highest BCUT2D eigenvalue weighted by atomic mass is 35.5. The minimum Gasteiger partial charge on any atom is -0.353 e. The zero-order valence-corrected chi connectivity index (χ0v) is 17.1. The Bertz CT molecular complexity index is 567. The predicted molar refractivity (Wildman–Crippen MR) is 102 cm³/mol. The van der Waals surface area contributed by atoms with Crippen LogP contribution in [0.15, 0.2) is 18.3 Å². The number of carbonyl (C=O) groups excluding carboxylic acids is 2. The lowest BCUT2D eigenvalue weighted by Crippen LogP contribution is -2.46. The Morgan fingerprint density at radius 1 is 1.08 bits per heavy atom. The molecular formula is C19H32ClN3O2. The molecule has 1 rings (SSSR count). The van der Waals surface area contributed by atoms with E-state index in [2.05, 4.69) is 13.8 Å². The molecule has 0 bridgehead atoms. The molecule has 0 N–H and O–H groups in total. The molecule has 0 aliphatic rings. The highest BCUT2D eigenvalue weighted by molar-refractivity contribution is 6.30. The molecule has 0 unspecified atom stereocenters. The van der Waals surface area contributed by atoms with Crippen LogP contribution < -0.4 is 0 Å². The largest absolute Gasteiger partial charge is 0.353 e. The van der Waals surface area contributed by atoms with Gasteiger partial charge in [0.1, 0.15) is 5.38 Å². The summed E-state index contributed by atoms with van der Waals surface area (Å²) >= 11 is 5.97. The molecule has 1 heterocycles. The van der Waals surface area contributed by atoms with Gasteiger partial charge >= 0.3 is 0 Å². The highest BCUT2D eigenvalue weighted by Gasteiger charge is 2.25. The molecule has 1 aromatic rings. The van der Waals surface area contributed by atoms with Crippen LogP contribution in [-0.4, -0.2) is 51.2 Å². The maximum Gasteiger partial charge on any atom is 0.242 e. The number of aromatic nitrogens is 1. The molecule has 0 fully saturated rings. The molecule has 0 aliphatic carbocycles. The third kappa shape index (κ3) is 7.10. The number of halogens is 1. The molecule has 0 saturated carbocycles. The first-order valence-electron chi connectivity index (χ1n) is 8.92. The molecule has 0 saturated heterocycles. The molecule has 0 radical (unpaired) electrons. The molecule has 2 amide bonds. The van der Waals surface area contributed by atoms with Gasteiger partial charge in [-0.15, -0.1) is 11.6 Å². The summed E-state index contributed by atoms with van der Waals surface area (Å²) in [5.41, 5.74) is 1.07. The standard InChI is InChI=1S/C19H32ClN3O2/c1-14(2)10-22(12-17-8-7-9-21(17)6)18(24)13-23(11-15(3)4)19(25)16(5)20/h7-9,14-16H,10-13H2,1-6H3/t16-/m1/s1. The molecule has 1 atom stereocenters. The molecule has 142 valence electrons.